The molecule has 27 heavy (non-hydrogen) atoms. The van der Waals surface area contributed by atoms with Gasteiger partial charge in [-0.1, -0.05) is 12.1 Å². The maximum atomic E-state index is 12.5. The lowest BCUT2D eigenvalue weighted by molar-refractivity contribution is 0.0452. The number of pyridine rings is 1. The Morgan fingerprint density at radius 2 is 1.96 bits per heavy atom. The van der Waals surface area contributed by atoms with Crippen LogP contribution in [0.4, 0.5) is 4.79 Å². The molecule has 0 aliphatic carbocycles. The molecule has 4 rings (SSSR count). The number of rotatable bonds is 4. The Morgan fingerprint density at radius 3 is 2.78 bits per heavy atom. The third-order valence-corrected chi connectivity index (χ3v) is 5.63. The summed E-state index contributed by atoms with van der Waals surface area (Å²) in [7, 11) is 0. The fourth-order valence-corrected chi connectivity index (χ4v) is 3.95. The molecule has 3 heterocycles. The van der Waals surface area contributed by atoms with E-state index in [1.807, 2.05) is 29.2 Å². The number of fused-ring (bicyclic) bond motifs is 1. The zero-order valence-electron chi connectivity index (χ0n) is 15.8. The highest BCUT2D eigenvalue weighted by molar-refractivity contribution is 5.79. The van der Waals surface area contributed by atoms with Crippen LogP contribution in [0.1, 0.15) is 18.4 Å². The number of nitrogens with zero attached hydrogens (tertiary/aromatic N) is 3. The van der Waals surface area contributed by atoms with E-state index >= 15 is 0 Å². The molecule has 2 fully saturated rings. The van der Waals surface area contributed by atoms with Crippen molar-refractivity contribution in [2.45, 2.75) is 19.4 Å². The van der Waals surface area contributed by atoms with Crippen molar-refractivity contribution in [1.29, 1.82) is 0 Å². The lowest BCUT2D eigenvalue weighted by Gasteiger charge is -2.37. The molecule has 0 bridgehead atoms. The molecule has 0 atom stereocenters. The second-order valence-corrected chi connectivity index (χ2v) is 7.53. The van der Waals surface area contributed by atoms with Crippen molar-refractivity contribution in [2.24, 2.45) is 5.92 Å². The molecule has 144 valence electrons. The molecule has 6 nitrogen and oxygen atoms in total. The van der Waals surface area contributed by atoms with Gasteiger partial charge in [-0.25, -0.2) is 4.79 Å². The fraction of sp³-hybridized carbons (Fsp3) is 0.524. The van der Waals surface area contributed by atoms with Gasteiger partial charge in [-0.2, -0.15) is 0 Å². The van der Waals surface area contributed by atoms with Crippen LogP contribution in [0.3, 0.4) is 0 Å². The molecule has 2 aliphatic rings. The highest BCUT2D eigenvalue weighted by atomic mass is 16.5. The lowest BCUT2D eigenvalue weighted by Crippen LogP contribution is -2.52. The van der Waals surface area contributed by atoms with Gasteiger partial charge < -0.3 is 15.0 Å². The summed E-state index contributed by atoms with van der Waals surface area (Å²) in [6.45, 7) is 7.03. The van der Waals surface area contributed by atoms with Gasteiger partial charge in [0.15, 0.2) is 0 Å². The first-order valence-corrected chi connectivity index (χ1v) is 9.94. The number of carbonyl (C=O) groups excluding carboxylic acids is 1. The second-order valence-electron chi connectivity index (χ2n) is 7.53. The zero-order chi connectivity index (χ0) is 18.5. The number of piperazine rings is 1. The Bertz CT molecular complexity index is 768. The number of amides is 2. The van der Waals surface area contributed by atoms with Crippen LogP contribution in [-0.2, 0) is 11.3 Å². The third kappa shape index (κ3) is 4.76. The number of carbonyl (C=O) groups is 1. The summed E-state index contributed by atoms with van der Waals surface area (Å²) in [5, 5.41) is 4.16. The quantitative estimate of drug-likeness (QED) is 0.901. The molecule has 1 N–H and O–H groups in total. The van der Waals surface area contributed by atoms with E-state index in [9.17, 15) is 4.79 Å². The van der Waals surface area contributed by atoms with Gasteiger partial charge in [0.25, 0.3) is 0 Å². The molecular weight excluding hydrogens is 340 g/mol. The van der Waals surface area contributed by atoms with E-state index in [2.05, 4.69) is 21.3 Å². The van der Waals surface area contributed by atoms with Crippen LogP contribution in [0.5, 0.6) is 0 Å². The van der Waals surface area contributed by atoms with Crippen molar-refractivity contribution >= 4 is 16.9 Å². The Hall–Kier alpha value is -2.18. The normalized spacial score (nSPS) is 19.3. The first-order chi connectivity index (χ1) is 13.3. The predicted molar refractivity (Wildman–Crippen MR) is 106 cm³/mol. The van der Waals surface area contributed by atoms with Crippen LogP contribution in [0, 0.1) is 5.92 Å². The van der Waals surface area contributed by atoms with Gasteiger partial charge in [-0.15, -0.1) is 0 Å². The van der Waals surface area contributed by atoms with Gasteiger partial charge in [-0.3, -0.25) is 9.88 Å². The minimum absolute atomic E-state index is 0.0343. The second kappa shape index (κ2) is 8.67. The predicted octanol–water partition coefficient (Wildman–Crippen LogP) is 2.49. The molecule has 0 unspecified atom stereocenters. The minimum atomic E-state index is 0.0343. The SMILES string of the molecule is O=C(NCc1ccc2ncccc2c1)N1CCN(CC2CCOCC2)CC1. The maximum absolute atomic E-state index is 12.5. The van der Waals surface area contributed by atoms with Crippen LogP contribution < -0.4 is 5.32 Å². The minimum Gasteiger partial charge on any atom is -0.381 e. The van der Waals surface area contributed by atoms with Crippen LogP contribution in [-0.4, -0.2) is 66.8 Å². The van der Waals surface area contributed by atoms with E-state index in [1.54, 1.807) is 6.20 Å². The molecule has 0 spiro atoms. The summed E-state index contributed by atoms with van der Waals surface area (Å²) in [6.07, 6.45) is 4.13. The van der Waals surface area contributed by atoms with Crippen molar-refractivity contribution in [1.82, 2.24) is 20.1 Å². The summed E-state index contributed by atoms with van der Waals surface area (Å²) in [4.78, 5) is 21.3. The maximum Gasteiger partial charge on any atom is 0.317 e. The number of benzene rings is 1. The van der Waals surface area contributed by atoms with E-state index in [0.29, 0.717) is 6.54 Å². The van der Waals surface area contributed by atoms with Crippen molar-refractivity contribution in [3.8, 4) is 0 Å². The average molecular weight is 368 g/mol. The Kier molecular flexibility index (Phi) is 5.84. The van der Waals surface area contributed by atoms with Crippen molar-refractivity contribution in [3.63, 3.8) is 0 Å². The molecule has 0 saturated carbocycles. The number of hydrogen-bond acceptors (Lipinski definition) is 4. The summed E-state index contributed by atoms with van der Waals surface area (Å²) >= 11 is 0. The number of nitrogens with one attached hydrogen (secondary N) is 1. The molecule has 1 aromatic carbocycles. The van der Waals surface area contributed by atoms with Gasteiger partial charge in [0, 0.05) is 64.1 Å². The Labute approximate surface area is 160 Å². The molecule has 2 aromatic rings. The first-order valence-electron chi connectivity index (χ1n) is 9.94. The van der Waals surface area contributed by atoms with Crippen LogP contribution >= 0.6 is 0 Å². The topological polar surface area (TPSA) is 57.7 Å². The molecule has 2 aliphatic heterocycles. The van der Waals surface area contributed by atoms with E-state index in [4.69, 9.17) is 4.74 Å². The molecule has 0 radical (unpaired) electrons. The molecule has 2 saturated heterocycles. The summed E-state index contributed by atoms with van der Waals surface area (Å²) in [5.74, 6) is 0.751. The van der Waals surface area contributed by atoms with E-state index in [-0.39, 0.29) is 6.03 Å². The first kappa shape index (κ1) is 18.2. The van der Waals surface area contributed by atoms with Gasteiger partial charge in [0.1, 0.15) is 0 Å². The molecule has 1 aromatic heterocycles. The van der Waals surface area contributed by atoms with Crippen molar-refractivity contribution in [3.05, 3.63) is 42.1 Å². The smallest absolute Gasteiger partial charge is 0.317 e. The number of aromatic nitrogens is 1. The highest BCUT2D eigenvalue weighted by Crippen LogP contribution is 2.17. The summed E-state index contributed by atoms with van der Waals surface area (Å²) in [5.41, 5.74) is 2.08. The van der Waals surface area contributed by atoms with Gasteiger partial charge >= 0.3 is 6.03 Å². The number of ether oxygens (including phenoxy) is 1. The van der Waals surface area contributed by atoms with Crippen LogP contribution in [0.25, 0.3) is 10.9 Å². The van der Waals surface area contributed by atoms with E-state index in [0.717, 1.165) is 68.3 Å². The molecule has 2 amide bonds. The fourth-order valence-electron chi connectivity index (χ4n) is 3.95. The van der Waals surface area contributed by atoms with Gasteiger partial charge in [0.2, 0.25) is 0 Å². The van der Waals surface area contributed by atoms with Crippen LogP contribution in [0.2, 0.25) is 0 Å². The summed E-state index contributed by atoms with van der Waals surface area (Å²) in [6, 6.07) is 10.1. The van der Waals surface area contributed by atoms with Crippen LogP contribution in [0.15, 0.2) is 36.5 Å². The highest BCUT2D eigenvalue weighted by Gasteiger charge is 2.23. The standard InChI is InChI=1S/C21H28N4O2/c26-21(23-15-18-3-4-20-19(14-18)2-1-7-22-20)25-10-8-24(9-11-25)16-17-5-12-27-13-6-17/h1-4,7,14,17H,5-6,8-13,15-16H2,(H,23,26). The van der Waals surface area contributed by atoms with E-state index in [1.165, 1.54) is 12.8 Å². The van der Waals surface area contributed by atoms with Crippen molar-refractivity contribution < 1.29 is 9.53 Å². The lowest BCUT2D eigenvalue weighted by atomic mass is 9.99. The summed E-state index contributed by atoms with van der Waals surface area (Å²) < 4.78 is 5.44. The molecule has 6 heteroatoms. The monoisotopic (exact) mass is 368 g/mol. The Balaban J connectivity index is 1.23. The number of urea groups is 1. The van der Waals surface area contributed by atoms with Gasteiger partial charge in [0.05, 0.1) is 5.52 Å². The third-order valence-electron chi connectivity index (χ3n) is 5.63. The number of hydrogen-bond donors (Lipinski definition) is 1. The van der Waals surface area contributed by atoms with Crippen molar-refractivity contribution in [2.75, 3.05) is 45.9 Å². The average Bonchev–Trinajstić information content (AvgIpc) is 2.73. The van der Waals surface area contributed by atoms with E-state index < -0.39 is 0 Å². The van der Waals surface area contributed by atoms with Gasteiger partial charge in [-0.05, 0) is 42.5 Å². The Morgan fingerprint density at radius 1 is 1.15 bits per heavy atom. The molecular formula is C21H28N4O2. The zero-order valence-corrected chi connectivity index (χ0v) is 15.8. The largest absolute Gasteiger partial charge is 0.381 e.